The lowest BCUT2D eigenvalue weighted by molar-refractivity contribution is -0.141. The van der Waals surface area contributed by atoms with Crippen molar-refractivity contribution in [3.63, 3.8) is 0 Å². The third kappa shape index (κ3) is 5.13. The van der Waals surface area contributed by atoms with Crippen LogP contribution in [-0.4, -0.2) is 48.0 Å². The number of benzene rings is 1. The Balaban J connectivity index is 2.66. The molecular formula is C14H18N2O5. The highest BCUT2D eigenvalue weighted by molar-refractivity contribution is 5.94. The minimum atomic E-state index is -0.954. The first kappa shape index (κ1) is 16.5. The Hall–Kier alpha value is -2.57. The fraction of sp³-hybridized carbons (Fsp3) is 0.357. The third-order valence-corrected chi connectivity index (χ3v) is 2.80. The fourth-order valence-corrected chi connectivity index (χ4v) is 1.64. The van der Waals surface area contributed by atoms with E-state index in [4.69, 9.17) is 15.6 Å². The molecule has 0 fully saturated rings. The Kier molecular flexibility index (Phi) is 5.71. The topological polar surface area (TPSA) is 110 Å². The molecule has 0 saturated heterocycles. The van der Waals surface area contributed by atoms with Crippen LogP contribution in [0.2, 0.25) is 0 Å². The summed E-state index contributed by atoms with van der Waals surface area (Å²) in [6.07, 6.45) is 0. The first-order chi connectivity index (χ1) is 9.81. The molecule has 0 aromatic heterocycles. The van der Waals surface area contributed by atoms with E-state index in [0.29, 0.717) is 11.3 Å². The van der Waals surface area contributed by atoms with Crippen molar-refractivity contribution in [2.45, 2.75) is 6.92 Å². The summed E-state index contributed by atoms with van der Waals surface area (Å²) in [7, 11) is 1.54. The summed E-state index contributed by atoms with van der Waals surface area (Å²) in [6.45, 7) is 1.42. The average molecular weight is 294 g/mol. The van der Waals surface area contributed by atoms with E-state index >= 15 is 0 Å². The smallest absolute Gasteiger partial charge is 0.308 e. The summed E-state index contributed by atoms with van der Waals surface area (Å²) in [5.74, 6) is -2.05. The first-order valence-corrected chi connectivity index (χ1v) is 6.30. The van der Waals surface area contributed by atoms with Crippen molar-refractivity contribution in [2.75, 3.05) is 20.2 Å². The molecule has 0 bridgehead atoms. The van der Waals surface area contributed by atoms with Crippen LogP contribution in [0.15, 0.2) is 24.3 Å². The second-order valence-corrected chi connectivity index (χ2v) is 4.70. The number of nitrogens with two attached hydrogens (primary N) is 1. The number of ether oxygens (including phenoxy) is 1. The van der Waals surface area contributed by atoms with Crippen molar-refractivity contribution in [1.82, 2.24) is 4.90 Å². The molecule has 21 heavy (non-hydrogen) atoms. The van der Waals surface area contributed by atoms with Gasteiger partial charge in [-0.05, 0) is 24.3 Å². The highest BCUT2D eigenvalue weighted by Crippen LogP contribution is 2.14. The number of hydrogen-bond acceptors (Lipinski definition) is 4. The molecule has 0 radical (unpaired) electrons. The number of carbonyl (C=O) groups excluding carboxylic acids is 2. The number of aliphatic carboxylic acids is 1. The van der Waals surface area contributed by atoms with Crippen LogP contribution in [0.4, 0.5) is 0 Å². The standard InChI is InChI=1S/C14H18N2O5/c1-9(14(19)20)7-16(2)13(18)10-3-5-11(6-4-10)21-8-12(15)17/h3-6,9H,7-8H2,1-2H3,(H2,15,17)(H,19,20). The molecule has 1 unspecified atom stereocenters. The van der Waals surface area contributed by atoms with Crippen LogP contribution >= 0.6 is 0 Å². The van der Waals surface area contributed by atoms with E-state index in [9.17, 15) is 14.4 Å². The van der Waals surface area contributed by atoms with Gasteiger partial charge in [0.15, 0.2) is 6.61 Å². The zero-order valence-corrected chi connectivity index (χ0v) is 11.9. The van der Waals surface area contributed by atoms with Gasteiger partial charge in [-0.25, -0.2) is 0 Å². The van der Waals surface area contributed by atoms with Crippen LogP contribution in [0.1, 0.15) is 17.3 Å². The summed E-state index contributed by atoms with van der Waals surface area (Å²) in [5.41, 5.74) is 5.36. The number of primary amides is 1. The predicted molar refractivity (Wildman–Crippen MR) is 74.9 cm³/mol. The molecule has 1 rings (SSSR count). The van der Waals surface area contributed by atoms with Gasteiger partial charge in [0.1, 0.15) is 5.75 Å². The Labute approximate surface area is 122 Å². The fourth-order valence-electron chi connectivity index (χ4n) is 1.64. The molecule has 0 aliphatic carbocycles. The van der Waals surface area contributed by atoms with Gasteiger partial charge in [-0.15, -0.1) is 0 Å². The van der Waals surface area contributed by atoms with Gasteiger partial charge in [0.25, 0.3) is 11.8 Å². The summed E-state index contributed by atoms with van der Waals surface area (Å²) in [4.78, 5) is 34.8. The van der Waals surface area contributed by atoms with E-state index in [-0.39, 0.29) is 19.1 Å². The first-order valence-electron chi connectivity index (χ1n) is 6.30. The van der Waals surface area contributed by atoms with Crippen LogP contribution in [0.25, 0.3) is 0 Å². The average Bonchev–Trinajstić information content (AvgIpc) is 2.44. The minimum Gasteiger partial charge on any atom is -0.484 e. The van der Waals surface area contributed by atoms with Crippen LogP contribution < -0.4 is 10.5 Å². The zero-order chi connectivity index (χ0) is 16.0. The molecule has 3 N–H and O–H groups in total. The van der Waals surface area contributed by atoms with E-state index in [2.05, 4.69) is 0 Å². The Morgan fingerprint density at radius 2 is 1.86 bits per heavy atom. The lowest BCUT2D eigenvalue weighted by Gasteiger charge is -2.19. The van der Waals surface area contributed by atoms with Crippen molar-refractivity contribution < 1.29 is 24.2 Å². The van der Waals surface area contributed by atoms with E-state index < -0.39 is 17.8 Å². The number of amides is 2. The molecule has 1 aromatic carbocycles. The van der Waals surface area contributed by atoms with E-state index in [1.165, 1.54) is 11.8 Å². The second kappa shape index (κ2) is 7.28. The summed E-state index contributed by atoms with van der Waals surface area (Å²) < 4.78 is 5.08. The summed E-state index contributed by atoms with van der Waals surface area (Å²) in [5, 5.41) is 8.83. The van der Waals surface area contributed by atoms with Crippen molar-refractivity contribution >= 4 is 17.8 Å². The molecular weight excluding hydrogens is 276 g/mol. The molecule has 7 heteroatoms. The van der Waals surface area contributed by atoms with Gasteiger partial charge in [0.05, 0.1) is 5.92 Å². The SMILES string of the molecule is CC(CN(C)C(=O)c1ccc(OCC(N)=O)cc1)C(=O)O. The highest BCUT2D eigenvalue weighted by atomic mass is 16.5. The molecule has 0 aliphatic heterocycles. The van der Waals surface area contributed by atoms with E-state index in [0.717, 1.165) is 0 Å². The van der Waals surface area contributed by atoms with Crippen LogP contribution in [0.5, 0.6) is 5.75 Å². The molecule has 0 heterocycles. The number of hydrogen-bond donors (Lipinski definition) is 2. The molecule has 0 aliphatic rings. The number of carboxylic acids is 1. The number of rotatable bonds is 7. The van der Waals surface area contributed by atoms with Crippen LogP contribution in [0, 0.1) is 5.92 Å². The van der Waals surface area contributed by atoms with Gasteiger partial charge < -0.3 is 20.5 Å². The number of carboxylic acid groups (broad SMARTS) is 1. The lowest BCUT2D eigenvalue weighted by Crippen LogP contribution is -2.33. The van der Waals surface area contributed by atoms with Crippen molar-refractivity contribution in [1.29, 1.82) is 0 Å². The maximum Gasteiger partial charge on any atom is 0.308 e. The molecule has 0 saturated carbocycles. The van der Waals surface area contributed by atoms with E-state index in [1.807, 2.05) is 0 Å². The maximum absolute atomic E-state index is 12.1. The highest BCUT2D eigenvalue weighted by Gasteiger charge is 2.18. The maximum atomic E-state index is 12.1. The molecule has 1 aromatic rings. The minimum absolute atomic E-state index is 0.119. The number of carbonyl (C=O) groups is 3. The Morgan fingerprint density at radius 1 is 1.29 bits per heavy atom. The summed E-state index contributed by atoms with van der Waals surface area (Å²) >= 11 is 0. The van der Waals surface area contributed by atoms with Gasteiger partial charge in [0, 0.05) is 19.2 Å². The van der Waals surface area contributed by atoms with Crippen molar-refractivity contribution in [3.05, 3.63) is 29.8 Å². The van der Waals surface area contributed by atoms with Crippen LogP contribution in [0.3, 0.4) is 0 Å². The van der Waals surface area contributed by atoms with Crippen LogP contribution in [-0.2, 0) is 9.59 Å². The lowest BCUT2D eigenvalue weighted by atomic mass is 10.1. The molecule has 1 atom stereocenters. The quantitative estimate of drug-likeness (QED) is 0.753. The second-order valence-electron chi connectivity index (χ2n) is 4.70. The van der Waals surface area contributed by atoms with Crippen molar-refractivity contribution in [2.24, 2.45) is 11.7 Å². The molecule has 0 spiro atoms. The third-order valence-electron chi connectivity index (χ3n) is 2.80. The van der Waals surface area contributed by atoms with Gasteiger partial charge in [-0.2, -0.15) is 0 Å². The normalized spacial score (nSPS) is 11.5. The Bertz CT molecular complexity index is 527. The number of nitrogens with zero attached hydrogens (tertiary/aromatic N) is 1. The zero-order valence-electron chi connectivity index (χ0n) is 11.9. The molecule has 2 amide bonds. The van der Waals surface area contributed by atoms with Gasteiger partial charge >= 0.3 is 5.97 Å². The Morgan fingerprint density at radius 3 is 2.33 bits per heavy atom. The molecule has 114 valence electrons. The van der Waals surface area contributed by atoms with E-state index in [1.54, 1.807) is 31.3 Å². The van der Waals surface area contributed by atoms with Gasteiger partial charge in [0.2, 0.25) is 0 Å². The largest absolute Gasteiger partial charge is 0.484 e. The molecule has 7 nitrogen and oxygen atoms in total. The van der Waals surface area contributed by atoms with Gasteiger partial charge in [-0.3, -0.25) is 14.4 Å². The summed E-state index contributed by atoms with van der Waals surface area (Å²) in [6, 6.07) is 6.18. The van der Waals surface area contributed by atoms with Gasteiger partial charge in [-0.1, -0.05) is 6.92 Å². The monoisotopic (exact) mass is 294 g/mol. The predicted octanol–water partition coefficient (Wildman–Crippen LogP) is 0.343. The van der Waals surface area contributed by atoms with Crippen molar-refractivity contribution in [3.8, 4) is 5.75 Å².